The summed E-state index contributed by atoms with van der Waals surface area (Å²) in [7, 11) is 0. The Hall–Kier alpha value is -2.03. The monoisotopic (exact) mass is 271 g/mol. The number of carbonyl (C=O) groups is 1. The summed E-state index contributed by atoms with van der Waals surface area (Å²) in [6, 6.07) is 14.2. The molecule has 0 fully saturated rings. The van der Waals surface area contributed by atoms with Crippen molar-refractivity contribution in [2.75, 3.05) is 6.61 Å². The molecule has 3 nitrogen and oxygen atoms in total. The topological polar surface area (TPSA) is 31.2 Å². The number of aryl methyl sites for hydroxylation is 2. The van der Waals surface area contributed by atoms with Crippen molar-refractivity contribution in [3.05, 3.63) is 59.9 Å². The minimum atomic E-state index is -0.236. The van der Waals surface area contributed by atoms with E-state index in [1.54, 1.807) is 0 Å². The zero-order valence-electron chi connectivity index (χ0n) is 11.9. The number of hydrogen-bond acceptors (Lipinski definition) is 2. The van der Waals surface area contributed by atoms with Crippen molar-refractivity contribution in [2.24, 2.45) is 0 Å². The fourth-order valence-electron chi connectivity index (χ4n) is 2.26. The Balaban J connectivity index is 1.80. The molecule has 0 saturated heterocycles. The molecule has 0 radical (unpaired) electrons. The fraction of sp³-hybridized carbons (Fsp3) is 0.353. The van der Waals surface area contributed by atoms with Gasteiger partial charge in [0.25, 0.3) is 0 Å². The molecule has 0 aliphatic rings. The minimum absolute atomic E-state index is 0.236. The van der Waals surface area contributed by atoms with Gasteiger partial charge in [-0.2, -0.15) is 0 Å². The predicted octanol–water partition coefficient (Wildman–Crippen LogP) is 3.69. The van der Waals surface area contributed by atoms with Crippen LogP contribution in [0.15, 0.2) is 48.7 Å². The first-order valence-electron chi connectivity index (χ1n) is 7.17. The van der Waals surface area contributed by atoms with E-state index in [1.165, 1.54) is 5.56 Å². The van der Waals surface area contributed by atoms with Gasteiger partial charge in [0, 0.05) is 12.7 Å². The first-order valence-corrected chi connectivity index (χ1v) is 7.17. The lowest BCUT2D eigenvalue weighted by Crippen LogP contribution is -2.11. The number of nitrogens with zero attached hydrogens (tertiary/aromatic N) is 1. The van der Waals surface area contributed by atoms with Crippen LogP contribution < -0.4 is 0 Å². The highest BCUT2D eigenvalue weighted by Gasteiger charge is 2.10. The molecule has 0 spiro atoms. The highest BCUT2D eigenvalue weighted by atomic mass is 16.5. The number of esters is 1. The molecule has 0 unspecified atom stereocenters. The Morgan fingerprint density at radius 3 is 2.65 bits per heavy atom. The standard InChI is InChI=1S/C17H21NO2/c1-2-20-17(19)16-12-8-14-18(16)13-7-6-11-15-9-4-3-5-10-15/h3-5,8-10,12,14H,2,6-7,11,13H2,1H3. The Labute approximate surface area is 120 Å². The second-order valence-corrected chi connectivity index (χ2v) is 4.75. The molecule has 3 heteroatoms. The summed E-state index contributed by atoms with van der Waals surface area (Å²) < 4.78 is 7.02. The summed E-state index contributed by atoms with van der Waals surface area (Å²) in [6.07, 6.45) is 5.19. The number of hydrogen-bond donors (Lipinski definition) is 0. The lowest BCUT2D eigenvalue weighted by Gasteiger charge is -2.08. The lowest BCUT2D eigenvalue weighted by molar-refractivity contribution is 0.0513. The molecule has 0 amide bonds. The predicted molar refractivity (Wildman–Crippen MR) is 79.8 cm³/mol. The van der Waals surface area contributed by atoms with Gasteiger partial charge in [-0.3, -0.25) is 0 Å². The molecule has 20 heavy (non-hydrogen) atoms. The van der Waals surface area contributed by atoms with Crippen LogP contribution in [0, 0.1) is 0 Å². The third kappa shape index (κ3) is 3.98. The number of ether oxygens (including phenoxy) is 1. The third-order valence-corrected chi connectivity index (χ3v) is 3.27. The SMILES string of the molecule is CCOC(=O)c1cccn1CCCCc1ccccc1. The van der Waals surface area contributed by atoms with Crippen molar-refractivity contribution in [2.45, 2.75) is 32.7 Å². The summed E-state index contributed by atoms with van der Waals surface area (Å²) in [4.78, 5) is 11.7. The first kappa shape index (κ1) is 14.4. The highest BCUT2D eigenvalue weighted by molar-refractivity contribution is 5.87. The molecule has 1 heterocycles. The average Bonchev–Trinajstić information content (AvgIpc) is 2.93. The van der Waals surface area contributed by atoms with Crippen molar-refractivity contribution in [1.82, 2.24) is 4.57 Å². The fourth-order valence-corrected chi connectivity index (χ4v) is 2.26. The van der Waals surface area contributed by atoms with E-state index in [4.69, 9.17) is 4.74 Å². The Morgan fingerprint density at radius 2 is 1.90 bits per heavy atom. The van der Waals surface area contributed by atoms with Crippen molar-refractivity contribution in [3.63, 3.8) is 0 Å². The van der Waals surface area contributed by atoms with Gasteiger partial charge >= 0.3 is 5.97 Å². The largest absolute Gasteiger partial charge is 0.461 e. The molecule has 1 aromatic heterocycles. The zero-order valence-corrected chi connectivity index (χ0v) is 11.9. The minimum Gasteiger partial charge on any atom is -0.461 e. The first-order chi connectivity index (χ1) is 9.81. The van der Waals surface area contributed by atoms with Gasteiger partial charge in [0.05, 0.1) is 6.61 Å². The van der Waals surface area contributed by atoms with Crippen LogP contribution >= 0.6 is 0 Å². The number of rotatable bonds is 7. The smallest absolute Gasteiger partial charge is 0.354 e. The Kier molecular flexibility index (Phi) is 5.42. The van der Waals surface area contributed by atoms with Crippen LogP contribution in [0.4, 0.5) is 0 Å². The van der Waals surface area contributed by atoms with Crippen molar-refractivity contribution >= 4 is 5.97 Å². The molecule has 2 aromatic rings. The van der Waals surface area contributed by atoms with Crippen LogP contribution in [0.25, 0.3) is 0 Å². The molecule has 2 rings (SSSR count). The van der Waals surface area contributed by atoms with E-state index in [0.29, 0.717) is 12.3 Å². The highest BCUT2D eigenvalue weighted by Crippen LogP contribution is 2.09. The molecule has 106 valence electrons. The van der Waals surface area contributed by atoms with Crippen molar-refractivity contribution in [1.29, 1.82) is 0 Å². The molecular weight excluding hydrogens is 250 g/mol. The second-order valence-electron chi connectivity index (χ2n) is 4.75. The van der Waals surface area contributed by atoms with Gasteiger partial charge in [-0.25, -0.2) is 4.79 Å². The van der Waals surface area contributed by atoms with Gasteiger partial charge < -0.3 is 9.30 Å². The molecule has 0 N–H and O–H groups in total. The van der Waals surface area contributed by atoms with Crippen molar-refractivity contribution in [3.8, 4) is 0 Å². The van der Waals surface area contributed by atoms with E-state index in [0.717, 1.165) is 25.8 Å². The zero-order chi connectivity index (χ0) is 14.2. The number of carbonyl (C=O) groups excluding carboxylic acids is 1. The van der Waals surface area contributed by atoms with Crippen LogP contribution in [0.5, 0.6) is 0 Å². The van der Waals surface area contributed by atoms with E-state index in [-0.39, 0.29) is 5.97 Å². The lowest BCUT2D eigenvalue weighted by atomic mass is 10.1. The van der Waals surface area contributed by atoms with Gasteiger partial charge in [0.15, 0.2) is 0 Å². The maximum absolute atomic E-state index is 11.7. The molecule has 0 aliphatic carbocycles. The van der Waals surface area contributed by atoms with Crippen molar-refractivity contribution < 1.29 is 9.53 Å². The van der Waals surface area contributed by atoms with E-state index >= 15 is 0 Å². The van der Waals surface area contributed by atoms with Crippen LogP contribution in [0.3, 0.4) is 0 Å². The summed E-state index contributed by atoms with van der Waals surface area (Å²) in [5.74, 6) is -0.236. The maximum atomic E-state index is 11.7. The van der Waals surface area contributed by atoms with Gasteiger partial charge in [-0.1, -0.05) is 30.3 Å². The van der Waals surface area contributed by atoms with E-state index in [2.05, 4.69) is 24.3 Å². The van der Waals surface area contributed by atoms with Gasteiger partial charge in [-0.05, 0) is 43.9 Å². The molecular formula is C17H21NO2. The van der Waals surface area contributed by atoms with E-state index in [9.17, 15) is 4.79 Å². The van der Waals surface area contributed by atoms with Gasteiger partial charge in [0.2, 0.25) is 0 Å². The van der Waals surface area contributed by atoms with Crippen LogP contribution in [-0.4, -0.2) is 17.1 Å². The molecule has 0 bridgehead atoms. The quantitative estimate of drug-likeness (QED) is 0.568. The Morgan fingerprint density at radius 1 is 1.10 bits per heavy atom. The van der Waals surface area contributed by atoms with E-state index in [1.807, 2.05) is 35.9 Å². The summed E-state index contributed by atoms with van der Waals surface area (Å²) in [6.45, 7) is 3.09. The Bertz CT molecular complexity index is 531. The maximum Gasteiger partial charge on any atom is 0.354 e. The summed E-state index contributed by atoms with van der Waals surface area (Å²) in [5, 5.41) is 0. The normalized spacial score (nSPS) is 10.4. The molecule has 1 aromatic carbocycles. The molecule has 0 saturated carbocycles. The van der Waals surface area contributed by atoms with Crippen LogP contribution in [-0.2, 0) is 17.7 Å². The molecule has 0 atom stereocenters. The van der Waals surface area contributed by atoms with Gasteiger partial charge in [0.1, 0.15) is 5.69 Å². The number of unbranched alkanes of at least 4 members (excludes halogenated alkanes) is 1. The number of aromatic nitrogens is 1. The van der Waals surface area contributed by atoms with E-state index < -0.39 is 0 Å². The van der Waals surface area contributed by atoms with Crippen LogP contribution in [0.1, 0.15) is 35.8 Å². The summed E-state index contributed by atoms with van der Waals surface area (Å²) in [5.41, 5.74) is 2.01. The summed E-state index contributed by atoms with van der Waals surface area (Å²) >= 11 is 0. The molecule has 0 aliphatic heterocycles. The van der Waals surface area contributed by atoms with Gasteiger partial charge in [-0.15, -0.1) is 0 Å². The third-order valence-electron chi connectivity index (χ3n) is 3.27. The van der Waals surface area contributed by atoms with Crippen LogP contribution in [0.2, 0.25) is 0 Å². The number of benzene rings is 1. The average molecular weight is 271 g/mol. The second kappa shape index (κ2) is 7.53.